The zero-order chi connectivity index (χ0) is 35.4. The maximum Gasteiger partial charge on any atom is 0.255 e. The topological polar surface area (TPSA) is 144 Å². The van der Waals surface area contributed by atoms with Crippen molar-refractivity contribution in [3.8, 4) is 5.75 Å². The lowest BCUT2D eigenvalue weighted by atomic mass is 9.82. The Kier molecular flexibility index (Phi) is 10.6. The lowest BCUT2D eigenvalue weighted by molar-refractivity contribution is -0.127. The Morgan fingerprint density at radius 3 is 2.40 bits per heavy atom. The molecule has 0 radical (unpaired) electrons. The number of aryl methyl sites for hydroxylation is 1. The maximum atomic E-state index is 14.0. The van der Waals surface area contributed by atoms with E-state index in [4.69, 9.17) is 9.47 Å². The monoisotopic (exact) mass is 695 g/mol. The van der Waals surface area contributed by atoms with Gasteiger partial charge in [0.1, 0.15) is 18.1 Å². The second-order valence-corrected chi connectivity index (χ2v) is 14.6. The van der Waals surface area contributed by atoms with Crippen LogP contribution in [0.15, 0.2) is 96.7 Å². The van der Waals surface area contributed by atoms with Crippen molar-refractivity contribution < 1.29 is 32.6 Å². The average Bonchev–Trinajstić information content (AvgIpc) is 3.48. The molecule has 10 nitrogen and oxygen atoms in total. The molecule has 1 aliphatic carbocycles. The molecule has 11 heteroatoms. The number of Topliss-reactive ketones (excluding diaryl/α,β-unsaturated/α-hetero) is 1. The van der Waals surface area contributed by atoms with Gasteiger partial charge < -0.3 is 19.9 Å². The van der Waals surface area contributed by atoms with Gasteiger partial charge in [-0.05, 0) is 61.2 Å². The second kappa shape index (κ2) is 15.1. The Hall–Kier alpha value is -4.68. The van der Waals surface area contributed by atoms with Gasteiger partial charge in [0.25, 0.3) is 5.91 Å². The van der Waals surface area contributed by atoms with E-state index in [0.717, 1.165) is 16.7 Å². The van der Waals surface area contributed by atoms with Crippen LogP contribution in [0.1, 0.15) is 75.8 Å². The van der Waals surface area contributed by atoms with E-state index in [9.17, 15) is 23.1 Å². The number of rotatable bonds is 13. The highest BCUT2D eigenvalue weighted by Crippen LogP contribution is 2.47. The first-order valence-electron chi connectivity index (χ1n) is 16.8. The van der Waals surface area contributed by atoms with Crippen molar-refractivity contribution in [3.05, 3.63) is 136 Å². The van der Waals surface area contributed by atoms with Crippen LogP contribution in [0.25, 0.3) is 5.57 Å². The van der Waals surface area contributed by atoms with Crippen molar-refractivity contribution >= 4 is 27.1 Å². The van der Waals surface area contributed by atoms with E-state index in [0.29, 0.717) is 41.2 Å². The summed E-state index contributed by atoms with van der Waals surface area (Å²) in [4.78, 5) is 31.5. The molecule has 0 bridgehead atoms. The number of ketones is 1. The fourth-order valence-corrected chi connectivity index (χ4v) is 8.63. The summed E-state index contributed by atoms with van der Waals surface area (Å²) in [6.45, 7) is 6.50. The zero-order valence-corrected chi connectivity index (χ0v) is 29.1. The molecule has 0 spiro atoms. The molecule has 1 aromatic heterocycles. The number of hydrogen-bond acceptors (Lipinski definition) is 9. The number of carbonyl (C=O) groups excluding carboxylic acids is 2. The molecule has 6 rings (SSSR count). The largest absolute Gasteiger partial charge is 0.507 e. The number of aromatic hydroxyl groups is 1. The SMILES string of the molecule is CCOC1NC(c2ccc(CS(=O)(=O)CC(CNC(=O)c3ccccc3O)c3ccccc3)cc2C)C2=C1c1ncccc1C(OCC)C2=O. The van der Waals surface area contributed by atoms with E-state index >= 15 is 0 Å². The number of nitrogens with zero attached hydrogens (tertiary/aromatic N) is 1. The van der Waals surface area contributed by atoms with Gasteiger partial charge >= 0.3 is 0 Å². The third-order valence-electron chi connectivity index (χ3n) is 9.12. The quantitative estimate of drug-likeness (QED) is 0.169. The highest BCUT2D eigenvalue weighted by Gasteiger charge is 2.47. The molecular formula is C39H41N3O7S. The Bertz CT molecular complexity index is 2030. The van der Waals surface area contributed by atoms with Crippen LogP contribution in [0.3, 0.4) is 0 Å². The summed E-state index contributed by atoms with van der Waals surface area (Å²) in [6, 6.07) is 24.1. The number of aromatic nitrogens is 1. The van der Waals surface area contributed by atoms with Crippen LogP contribution >= 0.6 is 0 Å². The molecule has 2 heterocycles. The molecule has 0 fully saturated rings. The molecule has 3 aromatic carbocycles. The number of nitrogens with one attached hydrogen (secondary N) is 2. The van der Waals surface area contributed by atoms with Gasteiger partial charge in [-0.1, -0.05) is 66.7 Å². The minimum Gasteiger partial charge on any atom is -0.507 e. The summed E-state index contributed by atoms with van der Waals surface area (Å²) in [7, 11) is -3.67. The molecule has 4 aromatic rings. The van der Waals surface area contributed by atoms with Crippen LogP contribution in [0, 0.1) is 6.92 Å². The van der Waals surface area contributed by atoms with Crippen LogP contribution in [0.2, 0.25) is 0 Å². The van der Waals surface area contributed by atoms with Crippen molar-refractivity contribution in [1.29, 1.82) is 0 Å². The molecule has 0 saturated heterocycles. The predicted octanol–water partition coefficient (Wildman–Crippen LogP) is 5.35. The van der Waals surface area contributed by atoms with Crippen molar-refractivity contribution in [3.63, 3.8) is 0 Å². The van der Waals surface area contributed by atoms with Gasteiger partial charge in [-0.15, -0.1) is 0 Å². The van der Waals surface area contributed by atoms with E-state index in [1.54, 1.807) is 30.5 Å². The summed E-state index contributed by atoms with van der Waals surface area (Å²) < 4.78 is 39.4. The first-order chi connectivity index (χ1) is 24.1. The van der Waals surface area contributed by atoms with E-state index in [-0.39, 0.29) is 35.1 Å². The fourth-order valence-electron chi connectivity index (χ4n) is 6.90. The molecule has 1 amide bonds. The lowest BCUT2D eigenvalue weighted by Crippen LogP contribution is -2.32. The molecule has 1 aliphatic heterocycles. The summed E-state index contributed by atoms with van der Waals surface area (Å²) in [5.41, 5.74) is 5.81. The molecule has 0 saturated carbocycles. The van der Waals surface area contributed by atoms with E-state index in [1.165, 1.54) is 12.1 Å². The number of hydrogen-bond donors (Lipinski definition) is 3. The minimum atomic E-state index is -3.67. The number of ether oxygens (including phenoxy) is 2. The highest BCUT2D eigenvalue weighted by molar-refractivity contribution is 7.90. The summed E-state index contributed by atoms with van der Waals surface area (Å²) >= 11 is 0. The summed E-state index contributed by atoms with van der Waals surface area (Å²) in [5.74, 6) is -1.70. The number of carbonyl (C=O) groups is 2. The molecule has 4 atom stereocenters. The highest BCUT2D eigenvalue weighted by atomic mass is 32.2. The number of pyridine rings is 1. The van der Waals surface area contributed by atoms with Gasteiger partial charge in [-0.2, -0.15) is 0 Å². The van der Waals surface area contributed by atoms with Gasteiger partial charge in [0.15, 0.2) is 15.6 Å². The Morgan fingerprint density at radius 1 is 0.940 bits per heavy atom. The summed E-state index contributed by atoms with van der Waals surface area (Å²) in [6.07, 6.45) is 0.363. The molecule has 2 aliphatic rings. The number of amides is 1. The summed E-state index contributed by atoms with van der Waals surface area (Å²) in [5, 5.41) is 16.4. The average molecular weight is 696 g/mol. The van der Waals surface area contributed by atoms with Gasteiger partial charge in [-0.25, -0.2) is 8.42 Å². The molecule has 4 unspecified atom stereocenters. The molecule has 3 N–H and O–H groups in total. The molecule has 260 valence electrons. The van der Waals surface area contributed by atoms with Gasteiger partial charge in [0.05, 0.1) is 28.8 Å². The van der Waals surface area contributed by atoms with Gasteiger partial charge in [0.2, 0.25) is 0 Å². The van der Waals surface area contributed by atoms with E-state index < -0.39 is 40.0 Å². The van der Waals surface area contributed by atoms with Crippen molar-refractivity contribution in [1.82, 2.24) is 15.6 Å². The van der Waals surface area contributed by atoms with E-state index in [1.807, 2.05) is 69.3 Å². The normalized spacial score (nSPS) is 19.2. The number of benzene rings is 3. The minimum absolute atomic E-state index is 0.0644. The number of para-hydroxylation sites is 1. The lowest BCUT2D eigenvalue weighted by Gasteiger charge is -2.27. The number of phenolic OH excluding ortho intramolecular Hbond substituents is 1. The number of sulfone groups is 1. The second-order valence-electron chi connectivity index (χ2n) is 12.5. The fraction of sp³-hybridized carbons (Fsp3) is 0.308. The van der Waals surface area contributed by atoms with Crippen molar-refractivity contribution in [2.45, 2.75) is 50.8 Å². The first-order valence-corrected chi connectivity index (χ1v) is 18.6. The van der Waals surface area contributed by atoms with Crippen molar-refractivity contribution in [2.24, 2.45) is 0 Å². The van der Waals surface area contributed by atoms with Crippen LogP contribution in [0.5, 0.6) is 5.75 Å². The maximum absolute atomic E-state index is 14.0. The Morgan fingerprint density at radius 2 is 1.68 bits per heavy atom. The molecule has 50 heavy (non-hydrogen) atoms. The van der Waals surface area contributed by atoms with Crippen LogP contribution in [-0.4, -0.2) is 61.9 Å². The van der Waals surface area contributed by atoms with Crippen molar-refractivity contribution in [2.75, 3.05) is 25.5 Å². The van der Waals surface area contributed by atoms with E-state index in [2.05, 4.69) is 15.6 Å². The number of fused-ring (bicyclic) bond motifs is 2. The zero-order valence-electron chi connectivity index (χ0n) is 28.3. The van der Waals surface area contributed by atoms with Crippen LogP contribution in [-0.2, 0) is 29.9 Å². The van der Waals surface area contributed by atoms with Crippen LogP contribution in [0.4, 0.5) is 0 Å². The van der Waals surface area contributed by atoms with Gasteiger partial charge in [0, 0.05) is 48.6 Å². The first kappa shape index (κ1) is 35.2. The third kappa shape index (κ3) is 7.27. The molecular weight excluding hydrogens is 655 g/mol. The Balaban J connectivity index is 1.24. The van der Waals surface area contributed by atoms with Gasteiger partial charge in [-0.3, -0.25) is 19.9 Å². The standard InChI is InChI=1S/C39H41N3O7S/c1-4-48-37-30-15-11-19-40-34(30)33-32(36(37)44)35(42-39(33)49-5-2)28-18-17-25(20-24(28)3)22-50(46,47)23-27(26-12-7-6-8-13-26)21-41-38(45)29-14-9-10-16-31(29)43/h6-20,27,35,37,39,42-43H,4-5,21-23H2,1-3H3,(H,41,45). The Labute approximate surface area is 292 Å². The third-order valence-corrected chi connectivity index (χ3v) is 10.8. The predicted molar refractivity (Wildman–Crippen MR) is 190 cm³/mol. The smallest absolute Gasteiger partial charge is 0.255 e. The van der Waals surface area contributed by atoms with Crippen LogP contribution < -0.4 is 10.6 Å². The number of phenols is 1.